The minimum atomic E-state index is -0.892. The van der Waals surface area contributed by atoms with Crippen molar-refractivity contribution in [3.05, 3.63) is 59.7 Å². The molecule has 1 aliphatic carbocycles. The third kappa shape index (κ3) is 4.01. The van der Waals surface area contributed by atoms with Crippen molar-refractivity contribution in [1.82, 2.24) is 10.2 Å². The van der Waals surface area contributed by atoms with Gasteiger partial charge in [0.05, 0.1) is 5.92 Å². The Bertz CT molecular complexity index is 928. The summed E-state index contributed by atoms with van der Waals surface area (Å²) in [5.74, 6) is -1.78. The Morgan fingerprint density at radius 3 is 2.30 bits per heavy atom. The molecule has 2 aromatic carbocycles. The Kier molecular flexibility index (Phi) is 5.70. The number of carbonyl (C=O) groups excluding carboxylic acids is 2. The number of likely N-dealkylation sites (tertiary alicyclic amines) is 1. The molecule has 1 saturated heterocycles. The van der Waals surface area contributed by atoms with E-state index in [1.165, 1.54) is 4.90 Å². The van der Waals surface area contributed by atoms with Crippen LogP contribution in [0.3, 0.4) is 0 Å². The van der Waals surface area contributed by atoms with Gasteiger partial charge in [0.15, 0.2) is 0 Å². The largest absolute Gasteiger partial charge is 0.481 e. The molecule has 1 fully saturated rings. The molecule has 30 heavy (non-hydrogen) atoms. The second-order valence-electron chi connectivity index (χ2n) is 7.70. The molecule has 7 heteroatoms. The fraction of sp³-hybridized carbons (Fsp3) is 0.348. The fourth-order valence-electron chi connectivity index (χ4n) is 4.31. The van der Waals surface area contributed by atoms with Gasteiger partial charge in [0, 0.05) is 19.0 Å². The summed E-state index contributed by atoms with van der Waals surface area (Å²) >= 11 is 0. The number of nitrogens with one attached hydrogen (secondary N) is 1. The number of benzene rings is 2. The van der Waals surface area contributed by atoms with E-state index >= 15 is 0 Å². The van der Waals surface area contributed by atoms with E-state index in [1.807, 2.05) is 36.4 Å². The van der Waals surface area contributed by atoms with E-state index in [0.717, 1.165) is 22.3 Å². The molecule has 0 radical (unpaired) electrons. The van der Waals surface area contributed by atoms with E-state index in [0.29, 0.717) is 19.4 Å². The smallest absolute Gasteiger partial charge is 0.407 e. The molecule has 4 rings (SSSR count). The van der Waals surface area contributed by atoms with E-state index in [-0.39, 0.29) is 31.5 Å². The highest BCUT2D eigenvalue weighted by Gasteiger charge is 2.30. The zero-order valence-corrected chi connectivity index (χ0v) is 16.5. The van der Waals surface area contributed by atoms with E-state index < -0.39 is 18.0 Å². The van der Waals surface area contributed by atoms with Crippen LogP contribution in [0, 0.1) is 5.92 Å². The first-order chi connectivity index (χ1) is 14.5. The maximum Gasteiger partial charge on any atom is 0.407 e. The molecule has 2 aromatic rings. The second-order valence-corrected chi connectivity index (χ2v) is 7.70. The molecule has 0 bridgehead atoms. The highest BCUT2D eigenvalue weighted by molar-refractivity contribution is 5.83. The number of carboxylic acid groups (broad SMARTS) is 1. The minimum Gasteiger partial charge on any atom is -0.481 e. The van der Waals surface area contributed by atoms with Crippen molar-refractivity contribution in [3.63, 3.8) is 0 Å². The molecule has 1 atom stereocenters. The van der Waals surface area contributed by atoms with Gasteiger partial charge in [-0.2, -0.15) is 0 Å². The lowest BCUT2D eigenvalue weighted by Gasteiger charge is -2.30. The number of piperidine rings is 1. The molecule has 1 heterocycles. The van der Waals surface area contributed by atoms with E-state index in [9.17, 15) is 14.4 Å². The van der Waals surface area contributed by atoms with Crippen molar-refractivity contribution < 1.29 is 24.2 Å². The number of aliphatic carboxylic acids is 1. The van der Waals surface area contributed by atoms with E-state index in [1.54, 1.807) is 0 Å². The zero-order valence-electron chi connectivity index (χ0n) is 16.5. The summed E-state index contributed by atoms with van der Waals surface area (Å²) in [6.07, 6.45) is 0.559. The number of nitrogens with zero attached hydrogens (tertiary/aromatic N) is 1. The topological polar surface area (TPSA) is 95.9 Å². The number of carboxylic acids is 1. The molecule has 2 aliphatic rings. The SMILES string of the molecule is O=C(NCC(=O)N1CCC[C@@H](C(=O)O)C1)OCC1c2ccccc2-c2ccccc21. The third-order valence-corrected chi connectivity index (χ3v) is 5.85. The Morgan fingerprint density at radius 2 is 1.67 bits per heavy atom. The normalized spacial score (nSPS) is 17.7. The van der Waals surface area contributed by atoms with Gasteiger partial charge in [0.2, 0.25) is 5.91 Å². The number of hydrogen-bond acceptors (Lipinski definition) is 4. The van der Waals surface area contributed by atoms with Crippen LogP contribution in [0.5, 0.6) is 0 Å². The minimum absolute atomic E-state index is 0.0442. The van der Waals surface area contributed by atoms with Crippen LogP contribution >= 0.6 is 0 Å². The summed E-state index contributed by atoms with van der Waals surface area (Å²) < 4.78 is 5.42. The van der Waals surface area contributed by atoms with E-state index in [2.05, 4.69) is 17.4 Å². The van der Waals surface area contributed by atoms with Gasteiger partial charge in [0.1, 0.15) is 13.2 Å². The van der Waals surface area contributed by atoms with Crippen LogP contribution in [0.25, 0.3) is 11.1 Å². The first kappa shape index (κ1) is 19.9. The summed E-state index contributed by atoms with van der Waals surface area (Å²) in [6, 6.07) is 16.1. The molecule has 7 nitrogen and oxygen atoms in total. The van der Waals surface area contributed by atoms with Crippen molar-refractivity contribution in [1.29, 1.82) is 0 Å². The quantitative estimate of drug-likeness (QED) is 0.793. The summed E-state index contributed by atoms with van der Waals surface area (Å²) in [4.78, 5) is 37.1. The molecule has 0 spiro atoms. The molecule has 156 valence electrons. The lowest BCUT2D eigenvalue weighted by Crippen LogP contribution is -2.46. The number of carbonyl (C=O) groups is 3. The maximum absolute atomic E-state index is 12.3. The number of hydrogen-bond donors (Lipinski definition) is 2. The summed E-state index contributed by atoms with van der Waals surface area (Å²) in [5.41, 5.74) is 4.54. The maximum atomic E-state index is 12.3. The number of alkyl carbamates (subject to hydrolysis) is 1. The fourth-order valence-corrected chi connectivity index (χ4v) is 4.31. The van der Waals surface area contributed by atoms with Gasteiger partial charge in [-0.25, -0.2) is 4.79 Å². The van der Waals surface area contributed by atoms with Gasteiger partial charge in [-0.3, -0.25) is 9.59 Å². The van der Waals surface area contributed by atoms with Crippen LogP contribution in [-0.2, 0) is 14.3 Å². The van der Waals surface area contributed by atoms with Crippen LogP contribution in [0.2, 0.25) is 0 Å². The predicted octanol–water partition coefficient (Wildman–Crippen LogP) is 2.85. The first-order valence-corrected chi connectivity index (χ1v) is 10.1. The molecule has 1 aliphatic heterocycles. The van der Waals surface area contributed by atoms with Crippen molar-refractivity contribution in [2.75, 3.05) is 26.2 Å². The van der Waals surface area contributed by atoms with Crippen LogP contribution < -0.4 is 5.32 Å². The van der Waals surface area contributed by atoms with Gasteiger partial charge >= 0.3 is 12.1 Å². The molecular formula is C23H24N2O5. The lowest BCUT2D eigenvalue weighted by molar-refractivity contribution is -0.145. The monoisotopic (exact) mass is 408 g/mol. The number of amides is 2. The van der Waals surface area contributed by atoms with Crippen LogP contribution in [0.4, 0.5) is 4.79 Å². The van der Waals surface area contributed by atoms with Gasteiger partial charge in [0.25, 0.3) is 0 Å². The van der Waals surface area contributed by atoms with Crippen molar-refractivity contribution in [2.24, 2.45) is 5.92 Å². The van der Waals surface area contributed by atoms with Gasteiger partial charge in [-0.05, 0) is 35.1 Å². The number of rotatable bonds is 5. The molecule has 0 unspecified atom stereocenters. The van der Waals surface area contributed by atoms with Crippen molar-refractivity contribution in [2.45, 2.75) is 18.8 Å². The van der Waals surface area contributed by atoms with Gasteiger partial charge < -0.3 is 20.1 Å². The molecule has 2 amide bonds. The Morgan fingerprint density at radius 1 is 1.03 bits per heavy atom. The summed E-state index contributed by atoms with van der Waals surface area (Å²) in [6.45, 7) is 0.664. The standard InChI is InChI=1S/C23H24N2O5/c26-21(25-11-5-6-15(13-25)22(27)28)12-24-23(29)30-14-20-18-9-3-1-7-16(18)17-8-2-4-10-19(17)20/h1-4,7-10,15,20H,5-6,11-14H2,(H,24,29)(H,27,28)/t15-/m1/s1. The van der Waals surface area contributed by atoms with Crippen LogP contribution in [0.15, 0.2) is 48.5 Å². The lowest BCUT2D eigenvalue weighted by atomic mass is 9.98. The third-order valence-electron chi connectivity index (χ3n) is 5.85. The average Bonchev–Trinajstić information content (AvgIpc) is 3.10. The number of ether oxygens (including phenoxy) is 1. The van der Waals surface area contributed by atoms with Crippen molar-refractivity contribution in [3.8, 4) is 11.1 Å². The van der Waals surface area contributed by atoms with Crippen LogP contribution in [-0.4, -0.2) is 54.2 Å². The van der Waals surface area contributed by atoms with E-state index in [4.69, 9.17) is 9.84 Å². The molecule has 0 saturated carbocycles. The molecular weight excluding hydrogens is 384 g/mol. The summed E-state index contributed by atoms with van der Waals surface area (Å²) in [7, 11) is 0. The van der Waals surface area contributed by atoms with Crippen LogP contribution in [0.1, 0.15) is 29.9 Å². The Hall–Kier alpha value is -3.35. The zero-order chi connectivity index (χ0) is 21.1. The predicted molar refractivity (Wildman–Crippen MR) is 110 cm³/mol. The number of fused-ring (bicyclic) bond motifs is 3. The Labute approximate surface area is 174 Å². The van der Waals surface area contributed by atoms with Crippen molar-refractivity contribution >= 4 is 18.0 Å². The highest BCUT2D eigenvalue weighted by Crippen LogP contribution is 2.44. The second kappa shape index (κ2) is 8.57. The molecule has 2 N–H and O–H groups in total. The molecule has 0 aromatic heterocycles. The van der Waals surface area contributed by atoms with Gasteiger partial charge in [-0.1, -0.05) is 48.5 Å². The Balaban J connectivity index is 1.31. The average molecular weight is 408 g/mol. The first-order valence-electron chi connectivity index (χ1n) is 10.1. The summed E-state index contributed by atoms with van der Waals surface area (Å²) in [5, 5.41) is 11.6. The van der Waals surface area contributed by atoms with Gasteiger partial charge in [-0.15, -0.1) is 0 Å². The highest BCUT2D eigenvalue weighted by atomic mass is 16.5.